The minimum absolute atomic E-state index is 0.0449. The molecule has 176 valence electrons. The maximum Gasteiger partial charge on any atom is 0.303 e. The second-order valence-corrected chi connectivity index (χ2v) is 10.4. The molecule has 0 aliphatic heterocycles. The average Bonchev–Trinajstić information content (AvgIpc) is 2.93. The van der Waals surface area contributed by atoms with Gasteiger partial charge < -0.3 is 9.84 Å². The third kappa shape index (κ3) is 2.47. The summed E-state index contributed by atoms with van der Waals surface area (Å²) in [5, 5.41) is 11.3. The third-order valence-electron chi connectivity index (χ3n) is 9.11. The van der Waals surface area contributed by atoms with E-state index in [2.05, 4.69) is 0 Å². The number of alkyl halides is 2. The molecule has 1 N–H and O–H groups in total. The summed E-state index contributed by atoms with van der Waals surface area (Å²) < 4.78 is 51.1. The molecule has 0 aromatic heterocycles. The fourth-order valence-electron chi connectivity index (χ4n) is 7.80. The number of allylic oxidation sites excluding steroid dienone is 4. The van der Waals surface area contributed by atoms with E-state index in [0.717, 1.165) is 13.0 Å². The van der Waals surface area contributed by atoms with Gasteiger partial charge in [0.05, 0.1) is 6.10 Å². The van der Waals surface area contributed by atoms with Gasteiger partial charge in [-0.15, -0.1) is 0 Å². The molecule has 0 bridgehead atoms. The maximum absolute atomic E-state index is 17.1. The lowest BCUT2D eigenvalue weighted by molar-refractivity contribution is -0.227. The van der Waals surface area contributed by atoms with Crippen molar-refractivity contribution in [3.8, 4) is 0 Å². The number of halogens is 3. The van der Waals surface area contributed by atoms with Crippen LogP contribution < -0.4 is 0 Å². The van der Waals surface area contributed by atoms with E-state index in [9.17, 15) is 28.3 Å². The van der Waals surface area contributed by atoms with E-state index >= 15 is 4.39 Å². The van der Waals surface area contributed by atoms with Crippen molar-refractivity contribution >= 4 is 17.5 Å². The summed E-state index contributed by atoms with van der Waals surface area (Å²) in [5.41, 5.74) is -6.81. The van der Waals surface area contributed by atoms with Gasteiger partial charge in [0.2, 0.25) is 11.6 Å². The Hall–Kier alpha value is -1.96. The molecule has 0 aromatic carbocycles. The molecular formula is C24H29F3O5. The molecule has 4 aliphatic rings. The van der Waals surface area contributed by atoms with Gasteiger partial charge in [-0.3, -0.25) is 14.4 Å². The monoisotopic (exact) mass is 454 g/mol. The second kappa shape index (κ2) is 7.02. The number of ether oxygens (including phenoxy) is 1. The van der Waals surface area contributed by atoms with Crippen molar-refractivity contribution in [2.75, 3.05) is 6.67 Å². The number of esters is 1. The largest absolute Gasteiger partial charge is 0.450 e. The van der Waals surface area contributed by atoms with Gasteiger partial charge in [-0.1, -0.05) is 19.9 Å². The lowest BCUT2D eigenvalue weighted by atomic mass is 9.44. The van der Waals surface area contributed by atoms with Gasteiger partial charge in [-0.2, -0.15) is 0 Å². The molecule has 4 aliphatic carbocycles. The zero-order valence-electron chi connectivity index (χ0n) is 18.7. The van der Waals surface area contributed by atoms with E-state index in [1.54, 1.807) is 13.8 Å². The number of Topliss-reactive ketones (excluding diaryl/α,β-unsaturated/α-hetero) is 1. The van der Waals surface area contributed by atoms with Crippen LogP contribution in [0.25, 0.3) is 0 Å². The molecule has 0 aromatic rings. The highest BCUT2D eigenvalue weighted by molar-refractivity contribution is 6.04. The van der Waals surface area contributed by atoms with Gasteiger partial charge in [-0.25, -0.2) is 13.2 Å². The smallest absolute Gasteiger partial charge is 0.303 e. The molecule has 0 amide bonds. The standard InChI is InChI=1S/C24H29F3O5/c1-12-9-16-14-5-6-15-20(26)17(29)7-8-21(15,3)23(14,27)18(30)10-22(16,4)24(12,19(31)11-25)32-13(2)28/h7-8,12,14,16,18,30H,5-6,9-11H2,1-4H3/t12?,14-,16-,18?,21-,22-,23-,24-/m0/s1. The molecule has 0 spiro atoms. The van der Waals surface area contributed by atoms with E-state index in [4.69, 9.17) is 4.74 Å². The zero-order valence-corrected chi connectivity index (χ0v) is 18.7. The predicted molar refractivity (Wildman–Crippen MR) is 108 cm³/mol. The van der Waals surface area contributed by atoms with E-state index in [1.807, 2.05) is 0 Å². The molecule has 0 radical (unpaired) electrons. The molecule has 8 atom stereocenters. The molecule has 3 saturated carbocycles. The molecule has 8 heteroatoms. The number of carbonyl (C=O) groups excluding carboxylic acids is 3. The van der Waals surface area contributed by atoms with E-state index in [0.29, 0.717) is 6.42 Å². The Bertz CT molecular complexity index is 959. The topological polar surface area (TPSA) is 80.7 Å². The van der Waals surface area contributed by atoms with E-state index < -0.39 is 76.0 Å². The van der Waals surface area contributed by atoms with Gasteiger partial charge in [0, 0.05) is 29.6 Å². The molecule has 0 saturated heterocycles. The highest BCUT2D eigenvalue weighted by Gasteiger charge is 2.77. The van der Waals surface area contributed by atoms with Gasteiger partial charge >= 0.3 is 5.97 Å². The quantitative estimate of drug-likeness (QED) is 0.657. The minimum atomic E-state index is -2.30. The Morgan fingerprint density at radius 3 is 2.53 bits per heavy atom. The number of aliphatic hydroxyl groups is 1. The van der Waals surface area contributed by atoms with Crippen LogP contribution in [0.1, 0.15) is 53.4 Å². The van der Waals surface area contributed by atoms with Crippen LogP contribution in [-0.4, -0.2) is 46.7 Å². The highest BCUT2D eigenvalue weighted by atomic mass is 19.1. The first-order chi connectivity index (χ1) is 14.8. The summed E-state index contributed by atoms with van der Waals surface area (Å²) in [6.45, 7) is 4.63. The first-order valence-corrected chi connectivity index (χ1v) is 11.1. The lowest BCUT2D eigenvalue weighted by Crippen LogP contribution is -2.70. The molecule has 3 fully saturated rings. The van der Waals surface area contributed by atoms with Crippen molar-refractivity contribution < 1.29 is 37.4 Å². The Balaban J connectivity index is 1.88. The van der Waals surface area contributed by atoms with Gasteiger partial charge in [0.25, 0.3) is 0 Å². The summed E-state index contributed by atoms with van der Waals surface area (Å²) in [7, 11) is 0. The molecule has 2 unspecified atom stereocenters. The first kappa shape index (κ1) is 23.2. The maximum atomic E-state index is 17.1. The van der Waals surface area contributed by atoms with Crippen LogP contribution in [0, 0.1) is 28.6 Å². The van der Waals surface area contributed by atoms with Gasteiger partial charge in [0.15, 0.2) is 23.8 Å². The Kier molecular flexibility index (Phi) is 5.09. The van der Waals surface area contributed by atoms with Crippen LogP contribution >= 0.6 is 0 Å². The summed E-state index contributed by atoms with van der Waals surface area (Å²) >= 11 is 0. The van der Waals surface area contributed by atoms with Gasteiger partial charge in [0.1, 0.15) is 0 Å². The highest BCUT2D eigenvalue weighted by Crippen LogP contribution is 2.71. The first-order valence-electron chi connectivity index (χ1n) is 11.1. The fraction of sp³-hybridized carbons (Fsp3) is 0.708. The minimum Gasteiger partial charge on any atom is -0.450 e. The Labute approximate surface area is 185 Å². The Morgan fingerprint density at radius 2 is 1.94 bits per heavy atom. The van der Waals surface area contributed by atoms with Crippen LogP contribution in [0.2, 0.25) is 0 Å². The zero-order chi connectivity index (χ0) is 23.9. The Morgan fingerprint density at radius 1 is 1.28 bits per heavy atom. The summed E-state index contributed by atoms with van der Waals surface area (Å²) in [5.74, 6) is -5.34. The van der Waals surface area contributed by atoms with Crippen LogP contribution in [0.3, 0.4) is 0 Å². The van der Waals surface area contributed by atoms with Crippen molar-refractivity contribution in [2.24, 2.45) is 28.6 Å². The SMILES string of the molecule is CC(=O)O[C@]1(C(=O)CF)C(C)C[C@H]2[C@@H]3CCC4=C(F)C(=O)C=C[C@]4(C)[C@@]3(F)C(O)C[C@@]21C. The molecule has 5 nitrogen and oxygen atoms in total. The van der Waals surface area contributed by atoms with Crippen molar-refractivity contribution in [1.29, 1.82) is 0 Å². The lowest BCUT2D eigenvalue weighted by Gasteiger charge is -2.62. The third-order valence-corrected chi connectivity index (χ3v) is 9.11. The van der Waals surface area contributed by atoms with E-state index in [1.165, 1.54) is 13.0 Å². The summed E-state index contributed by atoms with van der Waals surface area (Å²) in [4.78, 5) is 36.8. The average molecular weight is 454 g/mol. The number of ketones is 2. The van der Waals surface area contributed by atoms with Crippen LogP contribution in [-0.2, 0) is 19.1 Å². The molecule has 32 heavy (non-hydrogen) atoms. The van der Waals surface area contributed by atoms with Crippen molar-refractivity contribution in [3.63, 3.8) is 0 Å². The molecule has 0 heterocycles. The van der Waals surface area contributed by atoms with Crippen LogP contribution in [0.4, 0.5) is 13.2 Å². The van der Waals surface area contributed by atoms with Gasteiger partial charge in [-0.05, 0) is 50.2 Å². The molecular weight excluding hydrogens is 425 g/mol. The van der Waals surface area contributed by atoms with Crippen molar-refractivity contribution in [3.05, 3.63) is 23.6 Å². The number of hydrogen-bond donors (Lipinski definition) is 1. The van der Waals surface area contributed by atoms with E-state index in [-0.39, 0.29) is 24.8 Å². The normalized spacial score (nSPS) is 47.6. The number of fused-ring (bicyclic) bond motifs is 5. The number of rotatable bonds is 3. The molecule has 4 rings (SSSR count). The van der Waals surface area contributed by atoms with Crippen LogP contribution in [0.15, 0.2) is 23.6 Å². The second-order valence-electron chi connectivity index (χ2n) is 10.4. The van der Waals surface area contributed by atoms with Crippen molar-refractivity contribution in [2.45, 2.75) is 70.8 Å². The van der Waals surface area contributed by atoms with Crippen LogP contribution in [0.5, 0.6) is 0 Å². The number of carbonyl (C=O) groups is 3. The van der Waals surface area contributed by atoms with Crippen molar-refractivity contribution in [1.82, 2.24) is 0 Å². The fourth-order valence-corrected chi connectivity index (χ4v) is 7.80. The predicted octanol–water partition coefficient (Wildman–Crippen LogP) is 3.74. The number of hydrogen-bond acceptors (Lipinski definition) is 5. The summed E-state index contributed by atoms with van der Waals surface area (Å²) in [6.07, 6.45) is 1.01. The summed E-state index contributed by atoms with van der Waals surface area (Å²) in [6, 6.07) is 0. The number of aliphatic hydroxyl groups excluding tert-OH is 1.